The van der Waals surface area contributed by atoms with Crippen molar-refractivity contribution in [3.8, 4) is 0 Å². The number of carbonyl (C=O) groups excluding carboxylic acids is 1. The van der Waals surface area contributed by atoms with E-state index in [9.17, 15) is 22.8 Å². The van der Waals surface area contributed by atoms with Crippen molar-refractivity contribution in [2.45, 2.75) is 32.0 Å². The third-order valence-electron chi connectivity index (χ3n) is 5.12. The van der Waals surface area contributed by atoms with Crippen LogP contribution in [0.15, 0.2) is 53.6 Å². The monoisotopic (exact) mass is 401 g/mol. The molecular formula is C21H18F3N3O2. The summed E-state index contributed by atoms with van der Waals surface area (Å²) < 4.78 is 40.2. The highest BCUT2D eigenvalue weighted by atomic mass is 19.4. The molecule has 0 fully saturated rings. The van der Waals surface area contributed by atoms with Crippen molar-refractivity contribution in [2.75, 3.05) is 11.4 Å². The van der Waals surface area contributed by atoms with Crippen LogP contribution < -0.4 is 10.5 Å². The van der Waals surface area contributed by atoms with Gasteiger partial charge in [-0.3, -0.25) is 14.2 Å². The van der Waals surface area contributed by atoms with E-state index in [1.54, 1.807) is 24.3 Å². The average molecular weight is 401 g/mol. The molecule has 0 aliphatic carbocycles. The summed E-state index contributed by atoms with van der Waals surface area (Å²) >= 11 is 0. The first kappa shape index (κ1) is 19.2. The smallest absolute Gasteiger partial charge is 0.312 e. The maximum atomic E-state index is 13.0. The Balaban J connectivity index is 1.53. The second kappa shape index (κ2) is 7.35. The molecule has 8 heteroatoms. The number of hydrogen-bond acceptors (Lipinski definition) is 3. The van der Waals surface area contributed by atoms with Crippen molar-refractivity contribution in [3.63, 3.8) is 0 Å². The Kier molecular flexibility index (Phi) is 4.86. The van der Waals surface area contributed by atoms with Gasteiger partial charge in [0, 0.05) is 25.2 Å². The zero-order chi connectivity index (χ0) is 20.6. The molecule has 0 radical (unpaired) electrons. The first-order valence-electron chi connectivity index (χ1n) is 9.29. The summed E-state index contributed by atoms with van der Waals surface area (Å²) in [4.78, 5) is 31.0. The Hall–Kier alpha value is -3.16. The lowest BCUT2D eigenvalue weighted by molar-refractivity contribution is -0.137. The number of alkyl halides is 3. The lowest BCUT2D eigenvalue weighted by atomic mass is 9.98. The second-order valence-electron chi connectivity index (χ2n) is 7.00. The number of nitrogens with zero attached hydrogens (tertiary/aromatic N) is 3. The van der Waals surface area contributed by atoms with E-state index in [0.717, 1.165) is 12.1 Å². The Morgan fingerprint density at radius 3 is 2.72 bits per heavy atom. The number of amides is 1. The van der Waals surface area contributed by atoms with E-state index in [1.807, 2.05) is 0 Å². The van der Waals surface area contributed by atoms with Crippen LogP contribution in [0.5, 0.6) is 0 Å². The van der Waals surface area contributed by atoms with Crippen LogP contribution >= 0.6 is 0 Å². The van der Waals surface area contributed by atoms with Gasteiger partial charge in [-0.1, -0.05) is 12.1 Å². The fourth-order valence-corrected chi connectivity index (χ4v) is 3.65. The minimum absolute atomic E-state index is 0.0559. The van der Waals surface area contributed by atoms with E-state index in [4.69, 9.17) is 0 Å². The molecule has 2 heterocycles. The summed E-state index contributed by atoms with van der Waals surface area (Å²) in [5, 5.41) is 0.477. The fraction of sp³-hybridized carbons (Fsp3) is 0.286. The van der Waals surface area contributed by atoms with Crippen molar-refractivity contribution in [1.29, 1.82) is 0 Å². The molecule has 29 heavy (non-hydrogen) atoms. The maximum Gasteiger partial charge on any atom is 0.416 e. The molecule has 2 aromatic carbocycles. The van der Waals surface area contributed by atoms with Gasteiger partial charge in [0.1, 0.15) is 0 Å². The van der Waals surface area contributed by atoms with E-state index < -0.39 is 11.7 Å². The molecule has 150 valence electrons. The molecule has 0 spiro atoms. The molecule has 1 amide bonds. The molecule has 0 bridgehead atoms. The number of benzene rings is 2. The minimum atomic E-state index is -4.41. The van der Waals surface area contributed by atoms with Crippen molar-refractivity contribution < 1.29 is 18.0 Å². The normalized spacial score (nSPS) is 14.1. The Bertz CT molecular complexity index is 1140. The van der Waals surface area contributed by atoms with Crippen LogP contribution in [0.25, 0.3) is 10.9 Å². The van der Waals surface area contributed by atoms with Gasteiger partial charge in [-0.25, -0.2) is 4.98 Å². The van der Waals surface area contributed by atoms with Gasteiger partial charge in [0.25, 0.3) is 5.56 Å². The molecule has 0 saturated heterocycles. The predicted octanol–water partition coefficient (Wildman–Crippen LogP) is 3.78. The number of anilines is 1. The number of carbonyl (C=O) groups is 1. The zero-order valence-electron chi connectivity index (χ0n) is 15.4. The number of rotatable bonds is 3. The molecule has 1 aliphatic rings. The average Bonchev–Trinajstić information content (AvgIpc) is 2.71. The molecule has 0 atom stereocenters. The largest absolute Gasteiger partial charge is 0.416 e. The summed E-state index contributed by atoms with van der Waals surface area (Å²) in [5.41, 5.74) is 0.685. The number of para-hydroxylation sites is 1. The van der Waals surface area contributed by atoms with Crippen LogP contribution in [0.1, 0.15) is 24.0 Å². The summed E-state index contributed by atoms with van der Waals surface area (Å²) in [6.07, 6.45) is -1.85. The van der Waals surface area contributed by atoms with Crippen molar-refractivity contribution >= 4 is 22.5 Å². The SMILES string of the molecule is O=C(CCn1cnc2ccccc2c1=O)N1CCCc2cc(C(F)(F)F)ccc21. The highest BCUT2D eigenvalue weighted by Gasteiger charge is 2.32. The van der Waals surface area contributed by atoms with E-state index in [2.05, 4.69) is 4.98 Å². The highest BCUT2D eigenvalue weighted by Crippen LogP contribution is 2.35. The maximum absolute atomic E-state index is 13.0. The van der Waals surface area contributed by atoms with Gasteiger partial charge in [-0.05, 0) is 48.7 Å². The second-order valence-corrected chi connectivity index (χ2v) is 7.00. The van der Waals surface area contributed by atoms with Gasteiger partial charge in [0.15, 0.2) is 0 Å². The first-order valence-corrected chi connectivity index (χ1v) is 9.29. The van der Waals surface area contributed by atoms with Gasteiger partial charge >= 0.3 is 6.18 Å². The van der Waals surface area contributed by atoms with Crippen LogP contribution in [0.4, 0.5) is 18.9 Å². The van der Waals surface area contributed by atoms with Gasteiger partial charge in [-0.15, -0.1) is 0 Å². The zero-order valence-corrected chi connectivity index (χ0v) is 15.4. The molecule has 4 rings (SSSR count). The predicted molar refractivity (Wildman–Crippen MR) is 103 cm³/mol. The molecule has 0 saturated carbocycles. The summed E-state index contributed by atoms with van der Waals surface area (Å²) in [7, 11) is 0. The van der Waals surface area contributed by atoms with Crippen LogP contribution in [0.2, 0.25) is 0 Å². The van der Waals surface area contributed by atoms with E-state index >= 15 is 0 Å². The Morgan fingerprint density at radius 2 is 1.93 bits per heavy atom. The van der Waals surface area contributed by atoms with E-state index in [1.165, 1.54) is 21.9 Å². The third kappa shape index (κ3) is 3.74. The molecule has 5 nitrogen and oxygen atoms in total. The number of halogens is 3. The summed E-state index contributed by atoms with van der Waals surface area (Å²) in [6, 6.07) is 10.4. The van der Waals surface area contributed by atoms with Crippen molar-refractivity contribution in [3.05, 3.63) is 70.3 Å². The summed E-state index contributed by atoms with van der Waals surface area (Å²) in [6.45, 7) is 0.601. The third-order valence-corrected chi connectivity index (χ3v) is 5.12. The van der Waals surface area contributed by atoms with E-state index in [0.29, 0.717) is 41.5 Å². The quantitative estimate of drug-likeness (QED) is 0.671. The molecule has 1 aliphatic heterocycles. The standard InChI is InChI=1S/C21H18F3N3O2/c22-21(23,24)15-7-8-18-14(12-15)4-3-10-27(18)19(28)9-11-26-13-25-17-6-2-1-5-16(17)20(26)29/h1-2,5-8,12-13H,3-4,9-11H2. The number of hydrogen-bond donors (Lipinski definition) is 0. The molecule has 0 unspecified atom stereocenters. The van der Waals surface area contributed by atoms with Gasteiger partial charge in [0.2, 0.25) is 5.91 Å². The number of fused-ring (bicyclic) bond motifs is 2. The fourth-order valence-electron chi connectivity index (χ4n) is 3.65. The summed E-state index contributed by atoms with van der Waals surface area (Å²) in [5.74, 6) is -0.231. The van der Waals surface area contributed by atoms with Gasteiger partial charge in [0.05, 0.1) is 22.8 Å². The van der Waals surface area contributed by atoms with Crippen LogP contribution in [-0.4, -0.2) is 22.0 Å². The van der Waals surface area contributed by atoms with Gasteiger partial charge in [-0.2, -0.15) is 13.2 Å². The molecule has 3 aromatic rings. The lowest BCUT2D eigenvalue weighted by Gasteiger charge is -2.30. The Labute approximate surface area is 164 Å². The topological polar surface area (TPSA) is 55.2 Å². The van der Waals surface area contributed by atoms with Crippen LogP contribution in [-0.2, 0) is 23.9 Å². The number of aromatic nitrogens is 2. The number of aryl methyl sites for hydroxylation is 2. The van der Waals surface area contributed by atoms with E-state index in [-0.39, 0.29) is 24.4 Å². The van der Waals surface area contributed by atoms with Crippen LogP contribution in [0, 0.1) is 0 Å². The van der Waals surface area contributed by atoms with Crippen molar-refractivity contribution in [2.24, 2.45) is 0 Å². The highest BCUT2D eigenvalue weighted by molar-refractivity contribution is 5.94. The minimum Gasteiger partial charge on any atom is -0.312 e. The lowest BCUT2D eigenvalue weighted by Crippen LogP contribution is -2.36. The van der Waals surface area contributed by atoms with Gasteiger partial charge < -0.3 is 4.90 Å². The molecule has 0 N–H and O–H groups in total. The van der Waals surface area contributed by atoms with Crippen molar-refractivity contribution in [1.82, 2.24) is 9.55 Å². The Morgan fingerprint density at radius 1 is 1.14 bits per heavy atom. The molecule has 1 aromatic heterocycles. The molecular weight excluding hydrogens is 383 g/mol. The first-order chi connectivity index (χ1) is 13.8. The van der Waals surface area contributed by atoms with Crippen LogP contribution in [0.3, 0.4) is 0 Å².